The second-order valence-corrected chi connectivity index (χ2v) is 4.62. The van der Waals surface area contributed by atoms with E-state index in [2.05, 4.69) is 23.4 Å². The lowest BCUT2D eigenvalue weighted by Gasteiger charge is -2.13. The van der Waals surface area contributed by atoms with E-state index in [1.807, 2.05) is 37.6 Å². The number of nitrogens with zero attached hydrogens (tertiary/aromatic N) is 2. The number of hydrogen-bond donors (Lipinski definition) is 1. The molecule has 4 heteroatoms. The van der Waals surface area contributed by atoms with Gasteiger partial charge in [0.1, 0.15) is 0 Å². The summed E-state index contributed by atoms with van der Waals surface area (Å²) in [5, 5.41) is 8.36. The Morgan fingerprint density at radius 1 is 1.47 bits per heavy atom. The number of rotatable bonds is 4. The van der Waals surface area contributed by atoms with Crippen molar-refractivity contribution in [3.05, 3.63) is 52.8 Å². The van der Waals surface area contributed by atoms with Crippen LogP contribution < -0.4 is 5.32 Å². The average Bonchev–Trinajstić information content (AvgIpc) is 2.72. The second-order valence-electron chi connectivity index (χ2n) is 4.18. The largest absolute Gasteiger partial charge is 0.306 e. The molecule has 1 N–H and O–H groups in total. The van der Waals surface area contributed by atoms with Crippen LogP contribution in [0.25, 0.3) is 0 Å². The first-order valence-electron chi connectivity index (χ1n) is 5.61. The maximum atomic E-state index is 5.97. The molecular weight excluding hydrogens is 234 g/mol. The smallest absolute Gasteiger partial charge is 0.0534 e. The van der Waals surface area contributed by atoms with Crippen LogP contribution in [0.15, 0.2) is 36.7 Å². The van der Waals surface area contributed by atoms with Gasteiger partial charge in [-0.25, -0.2) is 0 Å². The SMILES string of the molecule is CC(NCc1cnn(C)c1)c1cccc(Cl)c1. The van der Waals surface area contributed by atoms with E-state index in [-0.39, 0.29) is 6.04 Å². The summed E-state index contributed by atoms with van der Waals surface area (Å²) in [5.74, 6) is 0. The maximum Gasteiger partial charge on any atom is 0.0534 e. The predicted octanol–water partition coefficient (Wildman–Crippen LogP) is 2.92. The summed E-state index contributed by atoms with van der Waals surface area (Å²) in [4.78, 5) is 0. The first kappa shape index (κ1) is 12.1. The fourth-order valence-electron chi connectivity index (χ4n) is 1.73. The van der Waals surface area contributed by atoms with Gasteiger partial charge in [-0.2, -0.15) is 5.10 Å². The first-order chi connectivity index (χ1) is 8.15. The van der Waals surface area contributed by atoms with Gasteiger partial charge in [0.15, 0.2) is 0 Å². The molecule has 0 aliphatic carbocycles. The minimum absolute atomic E-state index is 0.272. The van der Waals surface area contributed by atoms with Crippen molar-refractivity contribution < 1.29 is 0 Å². The molecule has 90 valence electrons. The fraction of sp³-hybridized carbons (Fsp3) is 0.308. The standard InChI is InChI=1S/C13H16ClN3/c1-10(12-4-3-5-13(14)6-12)15-7-11-8-16-17(2)9-11/h3-6,8-10,15H,7H2,1-2H3. The Morgan fingerprint density at radius 2 is 2.29 bits per heavy atom. The van der Waals surface area contributed by atoms with E-state index in [0.29, 0.717) is 0 Å². The predicted molar refractivity (Wildman–Crippen MR) is 69.9 cm³/mol. The molecule has 0 bridgehead atoms. The number of benzene rings is 1. The third-order valence-electron chi connectivity index (χ3n) is 2.72. The molecule has 17 heavy (non-hydrogen) atoms. The second kappa shape index (κ2) is 5.34. The van der Waals surface area contributed by atoms with Crippen LogP contribution in [-0.2, 0) is 13.6 Å². The summed E-state index contributed by atoms with van der Waals surface area (Å²) in [6.45, 7) is 2.93. The maximum absolute atomic E-state index is 5.97. The van der Waals surface area contributed by atoms with Gasteiger partial charge in [-0.05, 0) is 24.6 Å². The van der Waals surface area contributed by atoms with E-state index in [1.165, 1.54) is 11.1 Å². The number of hydrogen-bond acceptors (Lipinski definition) is 2. The van der Waals surface area contributed by atoms with Crippen LogP contribution >= 0.6 is 11.6 Å². The number of halogens is 1. The van der Waals surface area contributed by atoms with Gasteiger partial charge in [0.2, 0.25) is 0 Å². The van der Waals surface area contributed by atoms with Crippen molar-refractivity contribution >= 4 is 11.6 Å². The van der Waals surface area contributed by atoms with Crippen molar-refractivity contribution in [2.45, 2.75) is 19.5 Å². The molecular formula is C13H16ClN3. The zero-order valence-corrected chi connectivity index (χ0v) is 10.8. The summed E-state index contributed by atoms with van der Waals surface area (Å²) >= 11 is 5.97. The van der Waals surface area contributed by atoms with E-state index in [4.69, 9.17) is 11.6 Å². The molecule has 1 atom stereocenters. The molecule has 0 saturated carbocycles. The van der Waals surface area contributed by atoms with Crippen molar-refractivity contribution in [1.82, 2.24) is 15.1 Å². The molecule has 0 aliphatic rings. The number of aryl methyl sites for hydroxylation is 1. The highest BCUT2D eigenvalue weighted by Gasteiger charge is 2.05. The van der Waals surface area contributed by atoms with Gasteiger partial charge in [-0.3, -0.25) is 4.68 Å². The minimum Gasteiger partial charge on any atom is -0.306 e. The van der Waals surface area contributed by atoms with Crippen LogP contribution in [0, 0.1) is 0 Å². The van der Waals surface area contributed by atoms with Crippen molar-refractivity contribution in [2.75, 3.05) is 0 Å². The molecule has 1 aromatic carbocycles. The van der Waals surface area contributed by atoms with E-state index >= 15 is 0 Å². The monoisotopic (exact) mass is 249 g/mol. The molecule has 0 fully saturated rings. The summed E-state index contributed by atoms with van der Waals surface area (Å²) in [6.07, 6.45) is 3.88. The number of nitrogens with one attached hydrogen (secondary N) is 1. The van der Waals surface area contributed by atoms with Crippen LogP contribution in [0.2, 0.25) is 5.02 Å². The Labute approximate surface area is 106 Å². The highest BCUT2D eigenvalue weighted by molar-refractivity contribution is 6.30. The van der Waals surface area contributed by atoms with Gasteiger partial charge < -0.3 is 5.32 Å². The van der Waals surface area contributed by atoms with Gasteiger partial charge in [0.25, 0.3) is 0 Å². The van der Waals surface area contributed by atoms with Gasteiger partial charge in [-0.15, -0.1) is 0 Å². The van der Waals surface area contributed by atoms with Gasteiger partial charge in [0.05, 0.1) is 6.20 Å². The lowest BCUT2D eigenvalue weighted by Crippen LogP contribution is -2.17. The van der Waals surface area contributed by atoms with Crippen LogP contribution in [0.3, 0.4) is 0 Å². The Morgan fingerprint density at radius 3 is 2.94 bits per heavy atom. The molecule has 2 aromatic rings. The summed E-state index contributed by atoms with van der Waals surface area (Å²) in [7, 11) is 1.92. The van der Waals surface area contributed by atoms with Crippen LogP contribution in [0.1, 0.15) is 24.1 Å². The van der Waals surface area contributed by atoms with Crippen molar-refractivity contribution in [3.8, 4) is 0 Å². The van der Waals surface area contributed by atoms with Crippen LogP contribution in [0.4, 0.5) is 0 Å². The van der Waals surface area contributed by atoms with E-state index in [0.717, 1.165) is 11.6 Å². The summed E-state index contributed by atoms with van der Waals surface area (Å²) in [5.41, 5.74) is 2.38. The molecule has 0 spiro atoms. The average molecular weight is 250 g/mol. The van der Waals surface area contributed by atoms with Crippen molar-refractivity contribution in [3.63, 3.8) is 0 Å². The third-order valence-corrected chi connectivity index (χ3v) is 2.95. The molecule has 1 aromatic heterocycles. The Kier molecular flexibility index (Phi) is 3.82. The Balaban J connectivity index is 1.95. The van der Waals surface area contributed by atoms with Crippen molar-refractivity contribution in [2.24, 2.45) is 7.05 Å². The van der Waals surface area contributed by atoms with Crippen LogP contribution in [-0.4, -0.2) is 9.78 Å². The third kappa shape index (κ3) is 3.32. The molecule has 1 unspecified atom stereocenters. The van der Waals surface area contributed by atoms with Gasteiger partial charge in [0, 0.05) is 36.4 Å². The topological polar surface area (TPSA) is 29.9 Å². The normalized spacial score (nSPS) is 12.6. The quantitative estimate of drug-likeness (QED) is 0.903. The zero-order chi connectivity index (χ0) is 12.3. The lowest BCUT2D eigenvalue weighted by molar-refractivity contribution is 0.574. The zero-order valence-electron chi connectivity index (χ0n) is 10.0. The highest BCUT2D eigenvalue weighted by Crippen LogP contribution is 2.17. The minimum atomic E-state index is 0.272. The van der Waals surface area contributed by atoms with Crippen molar-refractivity contribution in [1.29, 1.82) is 0 Å². The van der Waals surface area contributed by atoms with E-state index in [9.17, 15) is 0 Å². The molecule has 2 rings (SSSR count). The summed E-state index contributed by atoms with van der Waals surface area (Å²) < 4.78 is 1.81. The first-order valence-corrected chi connectivity index (χ1v) is 5.99. The molecule has 3 nitrogen and oxygen atoms in total. The highest BCUT2D eigenvalue weighted by atomic mass is 35.5. The molecule has 0 aliphatic heterocycles. The molecule has 1 heterocycles. The Hall–Kier alpha value is -1.32. The lowest BCUT2D eigenvalue weighted by atomic mass is 10.1. The summed E-state index contributed by atoms with van der Waals surface area (Å²) in [6, 6.07) is 8.20. The Bertz CT molecular complexity index is 493. The molecule has 0 amide bonds. The number of aromatic nitrogens is 2. The van der Waals surface area contributed by atoms with E-state index < -0.39 is 0 Å². The van der Waals surface area contributed by atoms with Crippen LogP contribution in [0.5, 0.6) is 0 Å². The van der Waals surface area contributed by atoms with E-state index in [1.54, 1.807) is 4.68 Å². The fourth-order valence-corrected chi connectivity index (χ4v) is 1.93. The van der Waals surface area contributed by atoms with Gasteiger partial charge in [-0.1, -0.05) is 23.7 Å². The molecule has 0 saturated heterocycles. The molecule has 0 radical (unpaired) electrons. The van der Waals surface area contributed by atoms with Gasteiger partial charge >= 0.3 is 0 Å².